The summed E-state index contributed by atoms with van der Waals surface area (Å²) < 4.78 is 10.5. The Morgan fingerprint density at radius 3 is 1.92 bits per heavy atom. The van der Waals surface area contributed by atoms with Crippen molar-refractivity contribution in [1.29, 1.82) is 0 Å². The highest BCUT2D eigenvalue weighted by molar-refractivity contribution is 5.92. The van der Waals surface area contributed by atoms with Crippen molar-refractivity contribution < 1.29 is 29.0 Å². The Kier molecular flexibility index (Phi) is 7.61. The summed E-state index contributed by atoms with van der Waals surface area (Å²) in [5.41, 5.74) is 0.357. The Morgan fingerprint density at radius 1 is 0.880 bits per heavy atom. The zero-order valence-corrected chi connectivity index (χ0v) is 15.3. The first-order valence-corrected chi connectivity index (χ1v) is 8.36. The number of hydrogen-bond donors (Lipinski definition) is 1. The fraction of sp³-hybridized carbons (Fsp3) is 0.526. The minimum absolute atomic E-state index is 0.0321. The Morgan fingerprint density at radius 2 is 1.44 bits per heavy atom. The molecule has 138 valence electrons. The van der Waals surface area contributed by atoms with Gasteiger partial charge in [-0.25, -0.2) is 14.4 Å². The molecule has 1 rings (SSSR count). The lowest BCUT2D eigenvalue weighted by atomic mass is 9.86. The van der Waals surface area contributed by atoms with Gasteiger partial charge in [0.25, 0.3) is 0 Å². The number of ether oxygens (including phenoxy) is 2. The van der Waals surface area contributed by atoms with Crippen LogP contribution in [0.3, 0.4) is 0 Å². The molecule has 0 aliphatic heterocycles. The highest BCUT2D eigenvalue weighted by atomic mass is 16.6. The fourth-order valence-electron chi connectivity index (χ4n) is 2.56. The summed E-state index contributed by atoms with van der Waals surface area (Å²) in [5.74, 6) is -2.23. The summed E-state index contributed by atoms with van der Waals surface area (Å²) in [4.78, 5) is 35.3. The summed E-state index contributed by atoms with van der Waals surface area (Å²) in [5, 5.41) is 9.28. The van der Waals surface area contributed by atoms with E-state index in [1.54, 1.807) is 0 Å². The molecule has 0 spiro atoms. The van der Waals surface area contributed by atoms with Crippen LogP contribution in [0.2, 0.25) is 0 Å². The molecule has 1 N–H and O–H groups in total. The average Bonchev–Trinajstić information content (AvgIpc) is 2.58. The van der Waals surface area contributed by atoms with E-state index >= 15 is 0 Å². The summed E-state index contributed by atoms with van der Waals surface area (Å²) in [6.45, 7) is 9.37. The monoisotopic (exact) mass is 350 g/mol. The first kappa shape index (κ1) is 20.7. The number of esters is 2. The molecule has 0 radical (unpaired) electrons. The highest BCUT2D eigenvalue weighted by Gasteiger charge is 2.27. The maximum absolute atomic E-state index is 12.4. The smallest absolute Gasteiger partial charge is 0.342 e. The van der Waals surface area contributed by atoms with Crippen molar-refractivity contribution >= 4 is 17.9 Å². The van der Waals surface area contributed by atoms with Gasteiger partial charge >= 0.3 is 17.9 Å². The predicted molar refractivity (Wildman–Crippen MR) is 92.3 cm³/mol. The molecular formula is C19H26O6. The maximum Gasteiger partial charge on any atom is 0.342 e. The molecule has 0 unspecified atom stereocenters. The first-order chi connectivity index (χ1) is 11.6. The second-order valence-corrected chi connectivity index (χ2v) is 6.37. The Hall–Kier alpha value is -2.37. The van der Waals surface area contributed by atoms with E-state index in [-0.39, 0.29) is 34.2 Å². The van der Waals surface area contributed by atoms with Crippen LogP contribution in [0.4, 0.5) is 0 Å². The number of hydrogen-bond acceptors (Lipinski definition) is 5. The second kappa shape index (κ2) is 9.20. The molecule has 0 bridgehead atoms. The van der Waals surface area contributed by atoms with Crippen molar-refractivity contribution in [1.82, 2.24) is 0 Å². The summed E-state index contributed by atoms with van der Waals surface area (Å²) in [7, 11) is 0. The molecule has 6 nitrogen and oxygen atoms in total. The third kappa shape index (κ3) is 5.89. The van der Waals surface area contributed by atoms with Gasteiger partial charge in [-0.1, -0.05) is 25.8 Å². The number of allylic oxidation sites excluding steroid dienone is 2. The number of carbonyl (C=O) groups excluding carboxylic acids is 2. The van der Waals surface area contributed by atoms with Crippen LogP contribution in [-0.4, -0.2) is 23.0 Å². The number of carboxylic acid groups (broad SMARTS) is 1. The lowest BCUT2D eigenvalue weighted by molar-refractivity contribution is -0.137. The normalized spacial score (nSPS) is 17.1. The van der Waals surface area contributed by atoms with Gasteiger partial charge in [-0.15, -0.1) is 0 Å². The Balaban J connectivity index is 3.01. The number of rotatable bonds is 6. The van der Waals surface area contributed by atoms with Gasteiger partial charge in [-0.05, 0) is 40.5 Å². The van der Waals surface area contributed by atoms with Crippen molar-refractivity contribution in [3.63, 3.8) is 0 Å². The van der Waals surface area contributed by atoms with Crippen LogP contribution < -0.4 is 0 Å². The molecule has 1 aliphatic rings. The molecule has 6 heteroatoms. The van der Waals surface area contributed by atoms with E-state index in [1.807, 2.05) is 0 Å². The number of carbonyl (C=O) groups is 3. The molecule has 1 saturated carbocycles. The summed E-state index contributed by atoms with van der Waals surface area (Å²) >= 11 is 0. The molecule has 1 aliphatic carbocycles. The largest absolute Gasteiger partial charge is 0.478 e. The molecule has 0 aromatic carbocycles. The molecule has 25 heavy (non-hydrogen) atoms. The third-order valence-electron chi connectivity index (χ3n) is 4.30. The standard InChI is InChI=1S/C19H26O6/c1-11(2)18(22)24-14(5)12(3)19(23)25-16(13(4)17(20)21)15-9-7-6-8-10-15/h15H,1,6-10H2,2-5H3,(H,20,21). The molecule has 0 saturated heterocycles. The van der Waals surface area contributed by atoms with Gasteiger partial charge in [0.05, 0.1) is 11.1 Å². The summed E-state index contributed by atoms with van der Waals surface area (Å²) in [6.07, 6.45) is 4.63. The molecule has 0 amide bonds. The zero-order valence-electron chi connectivity index (χ0n) is 15.3. The maximum atomic E-state index is 12.4. The van der Waals surface area contributed by atoms with Crippen LogP contribution >= 0.6 is 0 Å². The molecule has 0 aromatic heterocycles. The van der Waals surface area contributed by atoms with Crippen LogP contribution in [-0.2, 0) is 23.9 Å². The van der Waals surface area contributed by atoms with Gasteiger partial charge in [-0.3, -0.25) is 0 Å². The van der Waals surface area contributed by atoms with E-state index in [4.69, 9.17) is 9.47 Å². The quantitative estimate of drug-likeness (QED) is 0.444. The van der Waals surface area contributed by atoms with Crippen molar-refractivity contribution in [3.05, 3.63) is 34.8 Å². The Bertz CT molecular complexity index is 632. The van der Waals surface area contributed by atoms with Crippen LogP contribution in [0.5, 0.6) is 0 Å². The van der Waals surface area contributed by atoms with Crippen LogP contribution in [0.25, 0.3) is 0 Å². The molecule has 0 heterocycles. The van der Waals surface area contributed by atoms with Crippen LogP contribution in [0.1, 0.15) is 59.8 Å². The third-order valence-corrected chi connectivity index (χ3v) is 4.30. The molecule has 0 atom stereocenters. The highest BCUT2D eigenvalue weighted by Crippen LogP contribution is 2.32. The lowest BCUT2D eigenvalue weighted by Crippen LogP contribution is -2.20. The lowest BCUT2D eigenvalue weighted by Gasteiger charge is -2.25. The zero-order chi connectivity index (χ0) is 19.1. The summed E-state index contributed by atoms with van der Waals surface area (Å²) in [6, 6.07) is 0. The minimum atomic E-state index is -1.11. The van der Waals surface area contributed by atoms with Crippen LogP contribution in [0, 0.1) is 5.92 Å². The van der Waals surface area contributed by atoms with Crippen molar-refractivity contribution in [3.8, 4) is 0 Å². The van der Waals surface area contributed by atoms with Gasteiger partial charge in [0.1, 0.15) is 11.5 Å². The van der Waals surface area contributed by atoms with Crippen LogP contribution in [0.15, 0.2) is 34.8 Å². The van der Waals surface area contributed by atoms with E-state index in [1.165, 1.54) is 27.7 Å². The Labute approximate surface area is 148 Å². The van der Waals surface area contributed by atoms with Crippen molar-refractivity contribution in [2.75, 3.05) is 0 Å². The van der Waals surface area contributed by atoms with E-state index in [9.17, 15) is 19.5 Å². The first-order valence-electron chi connectivity index (χ1n) is 8.36. The molecular weight excluding hydrogens is 324 g/mol. The number of carboxylic acids is 1. The molecule has 0 aromatic rings. The van der Waals surface area contributed by atoms with E-state index in [2.05, 4.69) is 6.58 Å². The van der Waals surface area contributed by atoms with E-state index < -0.39 is 17.9 Å². The van der Waals surface area contributed by atoms with E-state index in [0.717, 1.165) is 32.1 Å². The fourth-order valence-corrected chi connectivity index (χ4v) is 2.56. The van der Waals surface area contributed by atoms with Gasteiger partial charge in [-0.2, -0.15) is 0 Å². The van der Waals surface area contributed by atoms with E-state index in [0.29, 0.717) is 0 Å². The number of aliphatic carboxylic acids is 1. The second-order valence-electron chi connectivity index (χ2n) is 6.37. The average molecular weight is 350 g/mol. The van der Waals surface area contributed by atoms with Gasteiger partial charge in [0.15, 0.2) is 0 Å². The topological polar surface area (TPSA) is 89.9 Å². The SMILES string of the molecule is C=C(C)C(=O)OC(C)=C(C)C(=O)OC(=C(C)C(=O)O)C1CCCCC1. The van der Waals surface area contributed by atoms with Gasteiger partial charge in [0, 0.05) is 11.5 Å². The van der Waals surface area contributed by atoms with Gasteiger partial charge < -0.3 is 14.6 Å². The van der Waals surface area contributed by atoms with Crippen molar-refractivity contribution in [2.45, 2.75) is 59.8 Å². The van der Waals surface area contributed by atoms with Gasteiger partial charge in [0.2, 0.25) is 0 Å². The predicted octanol–water partition coefficient (Wildman–Crippen LogP) is 3.88. The minimum Gasteiger partial charge on any atom is -0.478 e. The molecule has 1 fully saturated rings. The van der Waals surface area contributed by atoms with Crippen molar-refractivity contribution in [2.24, 2.45) is 5.92 Å².